The summed E-state index contributed by atoms with van der Waals surface area (Å²) in [6.07, 6.45) is 0. The van der Waals surface area contributed by atoms with Gasteiger partial charge >= 0.3 is 0 Å². The zero-order valence-electron chi connectivity index (χ0n) is 11.6. The van der Waals surface area contributed by atoms with Crippen molar-refractivity contribution in [2.24, 2.45) is 11.7 Å². The number of sulfonamides is 1. The van der Waals surface area contributed by atoms with Crippen LogP contribution in [0.5, 0.6) is 0 Å². The van der Waals surface area contributed by atoms with Crippen LogP contribution in [-0.2, 0) is 10.0 Å². The van der Waals surface area contributed by atoms with Crippen LogP contribution in [0, 0.1) is 23.0 Å². The predicted octanol–water partition coefficient (Wildman–Crippen LogP) is 1.52. The molecular weight excluding hydrogens is 318 g/mol. The molecular formula is C12H16ClN3O4S. The predicted molar refractivity (Wildman–Crippen MR) is 78.7 cm³/mol. The summed E-state index contributed by atoms with van der Waals surface area (Å²) in [6.45, 7) is 3.83. The third kappa shape index (κ3) is 2.89. The van der Waals surface area contributed by atoms with Crippen molar-refractivity contribution in [1.29, 1.82) is 0 Å². The number of halogens is 1. The van der Waals surface area contributed by atoms with E-state index in [-0.39, 0.29) is 39.7 Å². The van der Waals surface area contributed by atoms with Crippen LogP contribution in [-0.4, -0.2) is 36.8 Å². The van der Waals surface area contributed by atoms with Gasteiger partial charge in [-0.2, -0.15) is 4.31 Å². The van der Waals surface area contributed by atoms with Gasteiger partial charge in [-0.25, -0.2) is 8.42 Å². The number of hydrogen-bond donors (Lipinski definition) is 1. The summed E-state index contributed by atoms with van der Waals surface area (Å²) in [5.74, 6) is 0.0377. The van der Waals surface area contributed by atoms with Gasteiger partial charge in [0.2, 0.25) is 10.0 Å². The summed E-state index contributed by atoms with van der Waals surface area (Å²) in [4.78, 5) is 10.2. The number of nitro groups is 1. The molecule has 2 unspecified atom stereocenters. The molecule has 1 aliphatic rings. The lowest BCUT2D eigenvalue weighted by Gasteiger charge is -2.16. The molecule has 21 heavy (non-hydrogen) atoms. The molecule has 0 bridgehead atoms. The molecule has 2 atom stereocenters. The highest BCUT2D eigenvalue weighted by atomic mass is 35.5. The van der Waals surface area contributed by atoms with Gasteiger partial charge in [-0.1, -0.05) is 18.5 Å². The van der Waals surface area contributed by atoms with Gasteiger partial charge in [0.25, 0.3) is 5.69 Å². The lowest BCUT2D eigenvalue weighted by molar-refractivity contribution is -0.385. The maximum atomic E-state index is 12.6. The molecule has 1 aromatic carbocycles. The van der Waals surface area contributed by atoms with Crippen molar-refractivity contribution in [3.63, 3.8) is 0 Å². The molecule has 0 saturated carbocycles. The average molecular weight is 334 g/mol. The fraction of sp³-hybridized carbons (Fsp3) is 0.500. The lowest BCUT2D eigenvalue weighted by atomic mass is 10.1. The van der Waals surface area contributed by atoms with E-state index in [1.807, 2.05) is 6.92 Å². The monoisotopic (exact) mass is 333 g/mol. The van der Waals surface area contributed by atoms with E-state index in [9.17, 15) is 18.5 Å². The van der Waals surface area contributed by atoms with E-state index in [0.717, 1.165) is 6.07 Å². The minimum Gasteiger partial charge on any atom is -0.326 e. The van der Waals surface area contributed by atoms with Crippen LogP contribution in [0.2, 0.25) is 5.02 Å². The molecule has 0 radical (unpaired) electrons. The van der Waals surface area contributed by atoms with Gasteiger partial charge in [0.05, 0.1) is 14.8 Å². The number of benzene rings is 1. The Morgan fingerprint density at radius 2 is 2.05 bits per heavy atom. The third-order valence-electron chi connectivity index (χ3n) is 3.76. The van der Waals surface area contributed by atoms with Crippen LogP contribution in [0.3, 0.4) is 0 Å². The highest BCUT2D eigenvalue weighted by Crippen LogP contribution is 2.32. The zero-order valence-corrected chi connectivity index (χ0v) is 13.2. The van der Waals surface area contributed by atoms with E-state index in [1.165, 1.54) is 17.3 Å². The van der Waals surface area contributed by atoms with Crippen molar-refractivity contribution >= 4 is 27.3 Å². The summed E-state index contributed by atoms with van der Waals surface area (Å²) in [7, 11) is -3.84. The second-order valence-electron chi connectivity index (χ2n) is 5.27. The van der Waals surface area contributed by atoms with E-state index in [0.29, 0.717) is 6.54 Å². The van der Waals surface area contributed by atoms with Crippen molar-refractivity contribution < 1.29 is 13.3 Å². The molecule has 2 rings (SSSR count). The van der Waals surface area contributed by atoms with Gasteiger partial charge in [0.1, 0.15) is 0 Å². The summed E-state index contributed by atoms with van der Waals surface area (Å²) in [5.41, 5.74) is 5.77. The van der Waals surface area contributed by atoms with Crippen molar-refractivity contribution in [1.82, 2.24) is 4.31 Å². The first-order chi connectivity index (χ1) is 9.64. The molecule has 1 heterocycles. The summed E-state index contributed by atoms with van der Waals surface area (Å²) < 4.78 is 26.3. The number of nitrogens with two attached hydrogens (primary N) is 1. The highest BCUT2D eigenvalue weighted by molar-refractivity contribution is 7.89. The first-order valence-electron chi connectivity index (χ1n) is 6.35. The van der Waals surface area contributed by atoms with Gasteiger partial charge in [0.15, 0.2) is 0 Å². The summed E-state index contributed by atoms with van der Waals surface area (Å²) in [6, 6.07) is 2.05. The molecule has 9 heteroatoms. The van der Waals surface area contributed by atoms with Crippen LogP contribution < -0.4 is 5.73 Å². The fourth-order valence-corrected chi connectivity index (χ4v) is 4.17. The van der Waals surface area contributed by atoms with Gasteiger partial charge in [-0.15, -0.1) is 0 Å². The van der Waals surface area contributed by atoms with Crippen LogP contribution in [0.1, 0.15) is 12.5 Å². The number of nitrogens with zero attached hydrogens (tertiary/aromatic N) is 2. The molecule has 1 aliphatic heterocycles. The second kappa shape index (κ2) is 5.53. The quantitative estimate of drug-likeness (QED) is 0.666. The lowest BCUT2D eigenvalue weighted by Crippen LogP contribution is -2.32. The Balaban J connectivity index is 2.49. The minimum absolute atomic E-state index is 0.0377. The SMILES string of the molecule is Cc1c(Cl)cc(S(=O)(=O)N2CC(C)C(N)C2)cc1[N+](=O)[O-]. The summed E-state index contributed by atoms with van der Waals surface area (Å²) in [5, 5.41) is 11.1. The molecule has 116 valence electrons. The first kappa shape index (κ1) is 16.2. The topological polar surface area (TPSA) is 107 Å². The Kier molecular flexibility index (Phi) is 4.25. The van der Waals surface area contributed by atoms with Crippen LogP contribution in [0.25, 0.3) is 0 Å². The van der Waals surface area contributed by atoms with Crippen molar-refractivity contribution in [3.05, 3.63) is 32.8 Å². The molecule has 2 N–H and O–H groups in total. The van der Waals surface area contributed by atoms with Gasteiger partial charge in [-0.3, -0.25) is 10.1 Å². The standard InChI is InChI=1S/C12H16ClN3O4S/c1-7-5-15(6-11(7)14)21(19,20)9-3-10(13)8(2)12(4-9)16(17)18/h3-4,7,11H,5-6,14H2,1-2H3. The fourth-order valence-electron chi connectivity index (χ4n) is 2.27. The largest absolute Gasteiger partial charge is 0.326 e. The number of hydrogen-bond acceptors (Lipinski definition) is 5. The van der Waals surface area contributed by atoms with E-state index in [1.54, 1.807) is 0 Å². The molecule has 1 fully saturated rings. The molecule has 0 aromatic heterocycles. The zero-order chi connectivity index (χ0) is 15.9. The van der Waals surface area contributed by atoms with Crippen LogP contribution in [0.4, 0.5) is 5.69 Å². The Labute approximate surface area is 127 Å². The van der Waals surface area contributed by atoms with Crippen LogP contribution in [0.15, 0.2) is 17.0 Å². The third-order valence-corrected chi connectivity index (χ3v) is 5.96. The Morgan fingerprint density at radius 1 is 1.43 bits per heavy atom. The Bertz CT molecular complexity index is 682. The minimum atomic E-state index is -3.84. The average Bonchev–Trinajstić information content (AvgIpc) is 2.73. The second-order valence-corrected chi connectivity index (χ2v) is 7.61. The van der Waals surface area contributed by atoms with E-state index >= 15 is 0 Å². The molecule has 1 aromatic rings. The number of rotatable bonds is 3. The van der Waals surface area contributed by atoms with Crippen molar-refractivity contribution in [3.8, 4) is 0 Å². The summed E-state index contributed by atoms with van der Waals surface area (Å²) >= 11 is 5.92. The van der Waals surface area contributed by atoms with E-state index in [4.69, 9.17) is 17.3 Å². The molecule has 0 spiro atoms. The smallest absolute Gasteiger partial charge is 0.275 e. The molecule has 0 amide bonds. The van der Waals surface area contributed by atoms with Crippen molar-refractivity contribution in [2.45, 2.75) is 24.8 Å². The first-order valence-corrected chi connectivity index (χ1v) is 8.16. The van der Waals surface area contributed by atoms with Crippen molar-refractivity contribution in [2.75, 3.05) is 13.1 Å². The molecule has 1 saturated heterocycles. The Morgan fingerprint density at radius 3 is 2.52 bits per heavy atom. The number of nitro benzene ring substituents is 1. The maximum Gasteiger partial charge on any atom is 0.275 e. The van der Waals surface area contributed by atoms with Crippen LogP contribution >= 0.6 is 11.6 Å². The Hall–Kier alpha value is -1.22. The van der Waals surface area contributed by atoms with Gasteiger partial charge in [-0.05, 0) is 18.9 Å². The van der Waals surface area contributed by atoms with E-state index < -0.39 is 14.9 Å². The maximum absolute atomic E-state index is 12.6. The normalized spacial score (nSPS) is 23.4. The van der Waals surface area contributed by atoms with E-state index in [2.05, 4.69) is 0 Å². The molecule has 7 nitrogen and oxygen atoms in total. The van der Waals surface area contributed by atoms with Gasteiger partial charge < -0.3 is 5.73 Å². The highest BCUT2D eigenvalue weighted by Gasteiger charge is 2.36. The molecule has 0 aliphatic carbocycles. The van der Waals surface area contributed by atoms with Gasteiger partial charge in [0, 0.05) is 30.8 Å².